The van der Waals surface area contributed by atoms with Crippen LogP contribution in [0.4, 0.5) is 0 Å². The fraction of sp³-hybridized carbons (Fsp3) is 0.739. The number of rotatable bonds is 17. The van der Waals surface area contributed by atoms with E-state index in [0.29, 0.717) is 12.3 Å². The molecule has 142 valence electrons. The molecule has 0 atom stereocenters. The van der Waals surface area contributed by atoms with E-state index in [1.807, 2.05) is 35.2 Å². The van der Waals surface area contributed by atoms with Gasteiger partial charge in [0.25, 0.3) is 0 Å². The zero-order chi connectivity index (χ0) is 18.0. The van der Waals surface area contributed by atoms with Gasteiger partial charge in [-0.2, -0.15) is 4.57 Å². The molecule has 0 aromatic carbocycles. The Hall–Kier alpha value is -1.18. The Morgan fingerprint density at radius 3 is 1.56 bits per heavy atom. The standard InChI is InChI=1S/C23H40NO/c1-2-3-4-5-6-7-8-9-10-11-12-13-14-16-19-23(25)22-24-20-17-15-18-21-24/h15,17-18,20-21H,2-14,16,19,22H2,1H3/q+1. The molecule has 2 nitrogen and oxygen atoms in total. The third kappa shape index (κ3) is 13.8. The molecule has 0 saturated heterocycles. The third-order valence-electron chi connectivity index (χ3n) is 4.95. The molecular weight excluding hydrogens is 306 g/mol. The van der Waals surface area contributed by atoms with Crippen molar-refractivity contribution in [3.05, 3.63) is 30.6 Å². The number of carbonyl (C=O) groups is 1. The normalized spacial score (nSPS) is 10.9. The molecule has 1 rings (SSSR count). The van der Waals surface area contributed by atoms with Gasteiger partial charge in [0.05, 0.1) is 0 Å². The number of Topliss-reactive ketones (excluding diaryl/α,β-unsaturated/α-hetero) is 1. The minimum atomic E-state index is 0.357. The van der Waals surface area contributed by atoms with Crippen LogP contribution in [0.3, 0.4) is 0 Å². The van der Waals surface area contributed by atoms with Crippen molar-refractivity contribution in [1.82, 2.24) is 0 Å². The van der Waals surface area contributed by atoms with Gasteiger partial charge < -0.3 is 0 Å². The highest BCUT2D eigenvalue weighted by Gasteiger charge is 2.07. The summed E-state index contributed by atoms with van der Waals surface area (Å²) >= 11 is 0. The first-order valence-corrected chi connectivity index (χ1v) is 10.8. The Kier molecular flexibility index (Phi) is 14.3. The number of hydrogen-bond acceptors (Lipinski definition) is 1. The van der Waals surface area contributed by atoms with E-state index in [1.165, 1.54) is 83.5 Å². The summed E-state index contributed by atoms with van der Waals surface area (Å²) in [5.74, 6) is 0.357. The Morgan fingerprint density at radius 2 is 1.08 bits per heavy atom. The lowest BCUT2D eigenvalue weighted by Gasteiger charge is -2.03. The summed E-state index contributed by atoms with van der Waals surface area (Å²) in [7, 11) is 0. The highest BCUT2D eigenvalue weighted by Crippen LogP contribution is 2.13. The Bertz CT molecular complexity index is 415. The van der Waals surface area contributed by atoms with E-state index in [-0.39, 0.29) is 0 Å². The van der Waals surface area contributed by atoms with Gasteiger partial charge in [-0.15, -0.1) is 0 Å². The fourth-order valence-corrected chi connectivity index (χ4v) is 3.34. The molecule has 0 saturated carbocycles. The Morgan fingerprint density at radius 1 is 0.640 bits per heavy atom. The SMILES string of the molecule is CCCCCCCCCCCCCCCCC(=O)C[n+]1ccccc1. The maximum absolute atomic E-state index is 11.9. The zero-order valence-electron chi connectivity index (χ0n) is 16.6. The quantitative estimate of drug-likeness (QED) is 0.236. The second-order valence-corrected chi connectivity index (χ2v) is 7.43. The van der Waals surface area contributed by atoms with Gasteiger partial charge in [-0.25, -0.2) is 0 Å². The van der Waals surface area contributed by atoms with Crippen LogP contribution in [0.25, 0.3) is 0 Å². The Balaban J connectivity index is 1.79. The van der Waals surface area contributed by atoms with Crippen LogP contribution >= 0.6 is 0 Å². The van der Waals surface area contributed by atoms with E-state index in [1.54, 1.807) is 0 Å². The van der Waals surface area contributed by atoms with Crippen LogP contribution in [0.5, 0.6) is 0 Å². The first-order chi connectivity index (χ1) is 12.3. The van der Waals surface area contributed by atoms with Crippen molar-refractivity contribution >= 4 is 5.78 Å². The summed E-state index contributed by atoms with van der Waals surface area (Å²) in [4.78, 5) is 11.9. The first kappa shape index (κ1) is 21.9. The van der Waals surface area contributed by atoms with Gasteiger partial charge in [0.1, 0.15) is 0 Å². The van der Waals surface area contributed by atoms with Gasteiger partial charge >= 0.3 is 0 Å². The van der Waals surface area contributed by atoms with Crippen LogP contribution in [0.1, 0.15) is 103 Å². The number of aromatic nitrogens is 1. The fourth-order valence-electron chi connectivity index (χ4n) is 3.34. The van der Waals surface area contributed by atoms with Crippen LogP contribution in [0, 0.1) is 0 Å². The highest BCUT2D eigenvalue weighted by molar-refractivity contribution is 5.76. The second kappa shape index (κ2) is 16.3. The number of nitrogens with zero attached hydrogens (tertiary/aromatic N) is 1. The molecule has 0 amide bonds. The highest BCUT2D eigenvalue weighted by atomic mass is 16.1. The van der Waals surface area contributed by atoms with Crippen molar-refractivity contribution in [3.8, 4) is 0 Å². The Labute approximate surface area is 156 Å². The smallest absolute Gasteiger partial charge is 0.206 e. The van der Waals surface area contributed by atoms with Crippen molar-refractivity contribution in [3.63, 3.8) is 0 Å². The van der Waals surface area contributed by atoms with Crippen molar-refractivity contribution in [2.45, 2.75) is 110 Å². The average molecular weight is 347 g/mol. The monoisotopic (exact) mass is 346 g/mol. The molecule has 1 aromatic heterocycles. The molecule has 0 unspecified atom stereocenters. The molecule has 0 spiro atoms. The second-order valence-electron chi connectivity index (χ2n) is 7.43. The molecule has 0 N–H and O–H groups in total. The van der Waals surface area contributed by atoms with Crippen molar-refractivity contribution in [2.75, 3.05) is 0 Å². The summed E-state index contributed by atoms with van der Waals surface area (Å²) in [6.07, 6.45) is 23.7. The maximum Gasteiger partial charge on any atom is 0.206 e. The van der Waals surface area contributed by atoms with Gasteiger partial charge in [0.2, 0.25) is 6.54 Å². The molecule has 1 aromatic rings. The van der Waals surface area contributed by atoms with Crippen LogP contribution in [0.15, 0.2) is 30.6 Å². The summed E-state index contributed by atoms with van der Waals surface area (Å²) in [6.45, 7) is 2.81. The van der Waals surface area contributed by atoms with Gasteiger partial charge in [-0.05, 0) is 6.42 Å². The lowest BCUT2D eigenvalue weighted by molar-refractivity contribution is -0.684. The van der Waals surface area contributed by atoms with Crippen LogP contribution < -0.4 is 4.57 Å². The zero-order valence-corrected chi connectivity index (χ0v) is 16.6. The summed E-state index contributed by atoms with van der Waals surface area (Å²) in [5, 5.41) is 0. The topological polar surface area (TPSA) is 20.9 Å². The lowest BCUT2D eigenvalue weighted by Crippen LogP contribution is -2.36. The third-order valence-corrected chi connectivity index (χ3v) is 4.95. The molecule has 0 bridgehead atoms. The number of carbonyl (C=O) groups excluding carboxylic acids is 1. The van der Waals surface area contributed by atoms with Crippen LogP contribution in [-0.2, 0) is 11.3 Å². The van der Waals surface area contributed by atoms with Crippen molar-refractivity contribution in [2.24, 2.45) is 0 Å². The van der Waals surface area contributed by atoms with E-state index in [2.05, 4.69) is 6.92 Å². The van der Waals surface area contributed by atoms with Crippen molar-refractivity contribution < 1.29 is 9.36 Å². The van der Waals surface area contributed by atoms with E-state index in [0.717, 1.165) is 12.8 Å². The van der Waals surface area contributed by atoms with E-state index in [4.69, 9.17) is 0 Å². The van der Waals surface area contributed by atoms with Crippen LogP contribution in [-0.4, -0.2) is 5.78 Å². The molecule has 2 heteroatoms. The molecule has 0 aliphatic heterocycles. The molecule has 0 aliphatic carbocycles. The summed E-state index contributed by atoms with van der Waals surface area (Å²) in [5.41, 5.74) is 0. The summed E-state index contributed by atoms with van der Waals surface area (Å²) < 4.78 is 1.96. The number of pyridine rings is 1. The molecule has 25 heavy (non-hydrogen) atoms. The number of ketones is 1. The largest absolute Gasteiger partial charge is 0.293 e. The average Bonchev–Trinajstić information content (AvgIpc) is 2.63. The van der Waals surface area contributed by atoms with Crippen LogP contribution in [0.2, 0.25) is 0 Å². The molecule has 1 heterocycles. The molecule has 0 aliphatic rings. The van der Waals surface area contributed by atoms with E-state index in [9.17, 15) is 4.79 Å². The summed E-state index contributed by atoms with van der Waals surface area (Å²) in [6, 6.07) is 5.92. The first-order valence-electron chi connectivity index (χ1n) is 10.8. The minimum Gasteiger partial charge on any atom is -0.293 e. The van der Waals surface area contributed by atoms with Gasteiger partial charge in [0.15, 0.2) is 18.2 Å². The van der Waals surface area contributed by atoms with E-state index < -0.39 is 0 Å². The minimum absolute atomic E-state index is 0.357. The lowest BCUT2D eigenvalue weighted by atomic mass is 10.0. The molecular formula is C23H40NO+. The predicted molar refractivity (Wildman–Crippen MR) is 107 cm³/mol. The maximum atomic E-state index is 11.9. The number of unbranched alkanes of at least 4 members (excludes halogenated alkanes) is 13. The van der Waals surface area contributed by atoms with Gasteiger partial charge in [-0.1, -0.05) is 96.5 Å². The van der Waals surface area contributed by atoms with Gasteiger partial charge in [0, 0.05) is 18.6 Å². The van der Waals surface area contributed by atoms with E-state index >= 15 is 0 Å². The number of hydrogen-bond donors (Lipinski definition) is 0. The van der Waals surface area contributed by atoms with Gasteiger partial charge in [-0.3, -0.25) is 4.79 Å². The van der Waals surface area contributed by atoms with Crippen molar-refractivity contribution in [1.29, 1.82) is 0 Å². The molecule has 0 radical (unpaired) electrons. The molecule has 0 fully saturated rings. The predicted octanol–water partition coefficient (Wildman–Crippen LogP) is 6.41.